The lowest BCUT2D eigenvalue weighted by molar-refractivity contribution is -0.433. The van der Waals surface area contributed by atoms with Crippen LogP contribution in [0.25, 0.3) is 5.76 Å². The minimum Gasteiger partial charge on any atom is -0.497 e. The Kier molecular flexibility index (Phi) is 4.91. The van der Waals surface area contributed by atoms with Gasteiger partial charge in [0.1, 0.15) is 11.7 Å². The van der Waals surface area contributed by atoms with Crippen molar-refractivity contribution in [1.29, 1.82) is 5.26 Å². The van der Waals surface area contributed by atoms with Crippen LogP contribution >= 0.6 is 11.3 Å². The number of rotatable bonds is 5. The smallest absolute Gasteiger partial charge is 0.318 e. The summed E-state index contributed by atoms with van der Waals surface area (Å²) in [5, 5.41) is 26.1. The van der Waals surface area contributed by atoms with Gasteiger partial charge in [0.2, 0.25) is 0 Å². The van der Waals surface area contributed by atoms with Crippen molar-refractivity contribution in [2.75, 3.05) is 14.2 Å². The van der Waals surface area contributed by atoms with E-state index in [2.05, 4.69) is 11.4 Å². The molecule has 1 aromatic heterocycles. The summed E-state index contributed by atoms with van der Waals surface area (Å²) in [5.74, 6) is 0.132. The molecule has 26 heavy (non-hydrogen) atoms. The lowest BCUT2D eigenvalue weighted by Crippen LogP contribution is -2.26. The molecule has 132 valence electrons. The number of nitrogens with one attached hydrogen (secondary N) is 1. The highest BCUT2D eigenvalue weighted by Crippen LogP contribution is 2.43. The fourth-order valence-electron chi connectivity index (χ4n) is 2.80. The molecule has 8 heteroatoms. The first kappa shape index (κ1) is 17.5. The summed E-state index contributed by atoms with van der Waals surface area (Å²) in [6, 6.07) is 12.6. The van der Waals surface area contributed by atoms with Crippen LogP contribution in [0, 0.1) is 21.4 Å². The Balaban J connectivity index is 2.23. The molecule has 0 amide bonds. The predicted octanol–water partition coefficient (Wildman–Crippen LogP) is 3.47. The third-order valence-corrected chi connectivity index (χ3v) is 4.85. The molecule has 3 rings (SSSR count). The van der Waals surface area contributed by atoms with E-state index in [1.807, 2.05) is 17.5 Å². The monoisotopic (exact) mass is 369 g/mol. The first-order valence-corrected chi connectivity index (χ1v) is 8.55. The molecule has 0 spiro atoms. The normalized spacial score (nSPS) is 16.7. The van der Waals surface area contributed by atoms with Crippen LogP contribution in [0.3, 0.4) is 0 Å². The molecule has 0 fully saturated rings. The van der Waals surface area contributed by atoms with Gasteiger partial charge in [0.15, 0.2) is 5.76 Å². The van der Waals surface area contributed by atoms with E-state index in [4.69, 9.17) is 9.47 Å². The van der Waals surface area contributed by atoms with Crippen LogP contribution in [0.5, 0.6) is 5.75 Å². The fourth-order valence-corrected chi connectivity index (χ4v) is 3.52. The standard InChI is InChI=1S/C18H15N3O4S/c1-20-18-16(21(22)23)15(11-5-7-12(24-2)8-6-11)13(10-19)17(25-18)14-4-3-9-26-14/h3-9,15,20H,1-2H3. The third kappa shape index (κ3) is 3.00. The van der Waals surface area contributed by atoms with Gasteiger partial charge in [-0.3, -0.25) is 10.1 Å². The van der Waals surface area contributed by atoms with Gasteiger partial charge in [0.25, 0.3) is 5.88 Å². The number of methoxy groups -OCH3 is 1. The Morgan fingerprint density at radius 3 is 2.58 bits per heavy atom. The highest BCUT2D eigenvalue weighted by molar-refractivity contribution is 7.11. The first-order valence-electron chi connectivity index (χ1n) is 7.67. The van der Waals surface area contributed by atoms with Gasteiger partial charge in [-0.25, -0.2) is 0 Å². The van der Waals surface area contributed by atoms with E-state index in [0.717, 1.165) is 4.88 Å². The maximum atomic E-state index is 11.8. The number of nitro groups is 1. The maximum absolute atomic E-state index is 11.8. The molecule has 2 aromatic rings. The lowest BCUT2D eigenvalue weighted by Gasteiger charge is -2.25. The van der Waals surface area contributed by atoms with Crippen LogP contribution in [0.4, 0.5) is 0 Å². The van der Waals surface area contributed by atoms with Crippen LogP contribution in [0.1, 0.15) is 16.4 Å². The van der Waals surface area contributed by atoms with Gasteiger partial charge in [0.05, 0.1) is 28.6 Å². The lowest BCUT2D eigenvalue weighted by atomic mass is 9.86. The maximum Gasteiger partial charge on any atom is 0.318 e. The number of nitriles is 1. The number of hydrogen-bond acceptors (Lipinski definition) is 7. The summed E-state index contributed by atoms with van der Waals surface area (Å²) in [6.45, 7) is 0. The minimum absolute atomic E-state index is 0.0261. The molecule has 1 aliphatic rings. The summed E-state index contributed by atoms with van der Waals surface area (Å²) >= 11 is 1.40. The van der Waals surface area contributed by atoms with Crippen molar-refractivity contribution in [3.05, 3.63) is 79.5 Å². The summed E-state index contributed by atoms with van der Waals surface area (Å²) in [4.78, 5) is 12.0. The molecule has 7 nitrogen and oxygen atoms in total. The number of nitrogens with zero attached hydrogens (tertiary/aromatic N) is 2. The number of benzene rings is 1. The zero-order valence-corrected chi connectivity index (χ0v) is 14.9. The van der Waals surface area contributed by atoms with E-state index in [1.165, 1.54) is 11.3 Å². The van der Waals surface area contributed by atoms with Gasteiger partial charge in [-0.15, -0.1) is 11.3 Å². The quantitative estimate of drug-likeness (QED) is 0.640. The molecular weight excluding hydrogens is 354 g/mol. The van der Waals surface area contributed by atoms with Crippen LogP contribution in [0.2, 0.25) is 0 Å². The predicted molar refractivity (Wildman–Crippen MR) is 96.8 cm³/mol. The van der Waals surface area contributed by atoms with Gasteiger partial charge < -0.3 is 14.8 Å². The first-order chi connectivity index (χ1) is 12.6. The van der Waals surface area contributed by atoms with Crippen LogP contribution < -0.4 is 10.1 Å². The number of thiophene rings is 1. The Labute approximate surface area is 153 Å². The Hall–Kier alpha value is -3.31. The Morgan fingerprint density at radius 2 is 2.08 bits per heavy atom. The molecule has 1 unspecified atom stereocenters. The average molecular weight is 369 g/mol. The zero-order valence-electron chi connectivity index (χ0n) is 14.1. The molecule has 0 aliphatic carbocycles. The molecule has 0 saturated heterocycles. The molecule has 0 bridgehead atoms. The molecule has 2 heterocycles. The molecule has 1 N–H and O–H groups in total. The highest BCUT2D eigenvalue weighted by Gasteiger charge is 2.42. The zero-order chi connectivity index (χ0) is 18.7. The number of allylic oxidation sites excluding steroid dienone is 1. The SMILES string of the molecule is CNC1=C([N+](=O)[O-])C(c2ccc(OC)cc2)C(C#N)=C(c2cccs2)O1. The average Bonchev–Trinajstić information content (AvgIpc) is 3.20. The van der Waals surface area contributed by atoms with Gasteiger partial charge in [-0.1, -0.05) is 18.2 Å². The minimum atomic E-state index is -0.853. The van der Waals surface area contributed by atoms with Crippen molar-refractivity contribution < 1.29 is 14.4 Å². The second-order valence-corrected chi connectivity index (χ2v) is 6.31. The van der Waals surface area contributed by atoms with Crippen molar-refractivity contribution in [1.82, 2.24) is 5.32 Å². The van der Waals surface area contributed by atoms with Gasteiger partial charge >= 0.3 is 5.70 Å². The third-order valence-electron chi connectivity index (χ3n) is 3.98. The van der Waals surface area contributed by atoms with Crippen molar-refractivity contribution in [2.45, 2.75) is 5.92 Å². The van der Waals surface area contributed by atoms with E-state index in [0.29, 0.717) is 17.1 Å². The largest absolute Gasteiger partial charge is 0.497 e. The summed E-state index contributed by atoms with van der Waals surface area (Å²) in [5.41, 5.74) is 0.608. The highest BCUT2D eigenvalue weighted by atomic mass is 32.1. The Bertz CT molecular complexity index is 924. The van der Waals surface area contributed by atoms with Crippen molar-refractivity contribution in [3.8, 4) is 11.8 Å². The summed E-state index contributed by atoms with van der Waals surface area (Å²) in [6.07, 6.45) is 0. The molecular formula is C18H15N3O4S. The molecule has 1 aromatic carbocycles. The van der Waals surface area contributed by atoms with E-state index >= 15 is 0 Å². The van der Waals surface area contributed by atoms with Crippen molar-refractivity contribution in [2.24, 2.45) is 0 Å². The second-order valence-electron chi connectivity index (χ2n) is 5.36. The van der Waals surface area contributed by atoms with Gasteiger partial charge in [0, 0.05) is 7.05 Å². The molecule has 1 atom stereocenters. The van der Waals surface area contributed by atoms with Crippen LogP contribution in [-0.4, -0.2) is 19.1 Å². The molecule has 0 saturated carbocycles. The Morgan fingerprint density at radius 1 is 1.35 bits per heavy atom. The van der Waals surface area contributed by atoms with E-state index in [-0.39, 0.29) is 17.2 Å². The summed E-state index contributed by atoms with van der Waals surface area (Å²) < 4.78 is 10.9. The summed E-state index contributed by atoms with van der Waals surface area (Å²) in [7, 11) is 3.09. The van der Waals surface area contributed by atoms with E-state index in [9.17, 15) is 15.4 Å². The molecule has 1 aliphatic heterocycles. The molecule has 0 radical (unpaired) electrons. The second kappa shape index (κ2) is 7.29. The van der Waals surface area contributed by atoms with Crippen LogP contribution in [-0.2, 0) is 4.74 Å². The van der Waals surface area contributed by atoms with E-state index in [1.54, 1.807) is 38.4 Å². The van der Waals surface area contributed by atoms with E-state index < -0.39 is 10.8 Å². The topological polar surface area (TPSA) is 97.4 Å². The van der Waals surface area contributed by atoms with Crippen LogP contribution in [0.15, 0.2) is 58.9 Å². The van der Waals surface area contributed by atoms with Gasteiger partial charge in [-0.05, 0) is 29.1 Å². The van der Waals surface area contributed by atoms with Gasteiger partial charge in [-0.2, -0.15) is 5.26 Å². The van der Waals surface area contributed by atoms with Crippen molar-refractivity contribution in [3.63, 3.8) is 0 Å². The number of hydrogen-bond donors (Lipinski definition) is 1. The van der Waals surface area contributed by atoms with Crippen molar-refractivity contribution >= 4 is 17.1 Å². The number of ether oxygens (including phenoxy) is 2. The fraction of sp³-hybridized carbons (Fsp3) is 0.167.